The molecular weight excluding hydrogens is 410 g/mol. The molecule has 29 heavy (non-hydrogen) atoms. The van der Waals surface area contributed by atoms with Gasteiger partial charge in [0.2, 0.25) is 0 Å². The van der Waals surface area contributed by atoms with Crippen molar-refractivity contribution in [2.24, 2.45) is 0 Å². The van der Waals surface area contributed by atoms with Gasteiger partial charge in [-0.15, -0.1) is 0 Å². The van der Waals surface area contributed by atoms with Crippen molar-refractivity contribution in [3.05, 3.63) is 81.6 Å². The summed E-state index contributed by atoms with van der Waals surface area (Å²) in [7, 11) is 0. The van der Waals surface area contributed by atoms with Crippen molar-refractivity contribution in [1.29, 1.82) is 0 Å². The van der Waals surface area contributed by atoms with Crippen molar-refractivity contribution in [2.75, 3.05) is 31.1 Å². The van der Waals surface area contributed by atoms with Crippen molar-refractivity contribution in [2.45, 2.75) is 0 Å². The van der Waals surface area contributed by atoms with Crippen LogP contribution in [-0.2, 0) is 0 Å². The molecule has 0 spiro atoms. The predicted octanol–water partition coefficient (Wildman–Crippen LogP) is 5.01. The largest absolute Gasteiger partial charge is 0.453 e. The van der Waals surface area contributed by atoms with Crippen LogP contribution in [0.2, 0.25) is 5.02 Å². The summed E-state index contributed by atoms with van der Waals surface area (Å²) in [5, 5.41) is 12.0. The van der Waals surface area contributed by atoms with Gasteiger partial charge in [-0.3, -0.25) is 10.1 Å². The fourth-order valence-corrected chi connectivity index (χ4v) is 3.91. The molecule has 6 nitrogen and oxygen atoms in total. The first-order valence-electron chi connectivity index (χ1n) is 9.16. The van der Waals surface area contributed by atoms with E-state index in [0.29, 0.717) is 22.1 Å². The van der Waals surface area contributed by atoms with Crippen molar-refractivity contribution in [3.8, 4) is 11.3 Å². The van der Waals surface area contributed by atoms with E-state index in [1.807, 2.05) is 24.3 Å². The number of benzene rings is 2. The minimum atomic E-state index is -0.412. The second-order valence-corrected chi connectivity index (χ2v) is 7.52. The number of hydrogen-bond donors (Lipinski definition) is 0. The molecule has 0 atom stereocenters. The Hall–Kier alpha value is -2.90. The molecule has 4 rings (SSSR count). The number of para-hydroxylation sites is 1. The first-order valence-corrected chi connectivity index (χ1v) is 9.95. The van der Waals surface area contributed by atoms with E-state index in [4.69, 9.17) is 28.2 Å². The minimum Gasteiger partial charge on any atom is -0.453 e. The summed E-state index contributed by atoms with van der Waals surface area (Å²) in [6.07, 6.45) is 0. The molecule has 0 saturated carbocycles. The SMILES string of the molecule is O=[N+]([O-])c1ccccc1-c1ccc(C(=S)N2CCN(c3cccc(Cl)c3)CC2)o1. The van der Waals surface area contributed by atoms with Gasteiger partial charge in [0.25, 0.3) is 5.69 Å². The van der Waals surface area contributed by atoms with Crippen LogP contribution in [0.5, 0.6) is 0 Å². The van der Waals surface area contributed by atoms with Gasteiger partial charge in [0.15, 0.2) is 5.76 Å². The zero-order valence-electron chi connectivity index (χ0n) is 15.5. The number of halogens is 1. The summed E-state index contributed by atoms with van der Waals surface area (Å²) >= 11 is 11.7. The Balaban J connectivity index is 1.46. The average Bonchev–Trinajstić information content (AvgIpc) is 3.23. The number of thiocarbonyl (C=S) groups is 1. The van der Waals surface area contributed by atoms with Gasteiger partial charge in [-0.1, -0.05) is 42.0 Å². The molecule has 0 radical (unpaired) electrons. The number of rotatable bonds is 4. The first-order chi connectivity index (χ1) is 14.0. The molecule has 1 fully saturated rings. The predicted molar refractivity (Wildman–Crippen MR) is 118 cm³/mol. The van der Waals surface area contributed by atoms with Crippen LogP contribution in [0.3, 0.4) is 0 Å². The molecule has 0 aliphatic carbocycles. The normalized spacial score (nSPS) is 14.1. The highest BCUT2D eigenvalue weighted by Crippen LogP contribution is 2.31. The molecule has 2 heterocycles. The first kappa shape index (κ1) is 19.4. The Bertz CT molecular complexity index is 1060. The van der Waals surface area contributed by atoms with Crippen molar-refractivity contribution >= 4 is 40.2 Å². The number of nitro groups is 1. The van der Waals surface area contributed by atoms with Crippen molar-refractivity contribution in [3.63, 3.8) is 0 Å². The van der Waals surface area contributed by atoms with Gasteiger partial charge < -0.3 is 14.2 Å². The van der Waals surface area contributed by atoms with Crippen LogP contribution in [-0.4, -0.2) is 41.0 Å². The van der Waals surface area contributed by atoms with E-state index >= 15 is 0 Å². The summed E-state index contributed by atoms with van der Waals surface area (Å²) < 4.78 is 5.88. The molecule has 8 heteroatoms. The zero-order chi connectivity index (χ0) is 20.4. The van der Waals surface area contributed by atoms with Gasteiger partial charge >= 0.3 is 0 Å². The number of hydrogen-bond acceptors (Lipinski definition) is 5. The molecule has 1 saturated heterocycles. The fourth-order valence-electron chi connectivity index (χ4n) is 3.44. The lowest BCUT2D eigenvalue weighted by atomic mass is 10.1. The van der Waals surface area contributed by atoms with Gasteiger partial charge in [0.05, 0.1) is 10.5 Å². The molecule has 3 aromatic rings. The third-order valence-corrected chi connectivity index (χ3v) is 5.62. The maximum Gasteiger partial charge on any atom is 0.280 e. The third-order valence-electron chi connectivity index (χ3n) is 4.92. The summed E-state index contributed by atoms with van der Waals surface area (Å²) in [5.74, 6) is 0.983. The highest BCUT2D eigenvalue weighted by molar-refractivity contribution is 7.80. The number of piperazine rings is 1. The second-order valence-electron chi connectivity index (χ2n) is 6.70. The lowest BCUT2D eigenvalue weighted by Crippen LogP contribution is -2.48. The second kappa shape index (κ2) is 8.23. The van der Waals surface area contributed by atoms with Gasteiger partial charge in [-0.05, 0) is 36.4 Å². The van der Waals surface area contributed by atoms with E-state index in [2.05, 4.69) is 9.80 Å². The smallest absolute Gasteiger partial charge is 0.280 e. The van der Waals surface area contributed by atoms with Crippen molar-refractivity contribution in [1.82, 2.24) is 4.90 Å². The van der Waals surface area contributed by atoms with Crippen LogP contribution < -0.4 is 4.90 Å². The van der Waals surface area contributed by atoms with Gasteiger partial charge in [0, 0.05) is 43.0 Å². The quantitative estimate of drug-likeness (QED) is 0.331. The number of anilines is 1. The van der Waals surface area contributed by atoms with Gasteiger partial charge in [-0.2, -0.15) is 0 Å². The summed E-state index contributed by atoms with van der Waals surface area (Å²) in [5.41, 5.74) is 1.55. The van der Waals surface area contributed by atoms with Gasteiger partial charge in [-0.25, -0.2) is 0 Å². The fraction of sp³-hybridized carbons (Fsp3) is 0.190. The molecule has 2 aromatic carbocycles. The Morgan fingerprint density at radius 2 is 1.79 bits per heavy atom. The van der Waals surface area contributed by atoms with Crippen LogP contribution >= 0.6 is 23.8 Å². The maximum atomic E-state index is 11.3. The van der Waals surface area contributed by atoms with Crippen LogP contribution in [0.15, 0.2) is 65.1 Å². The van der Waals surface area contributed by atoms with E-state index < -0.39 is 4.92 Å². The third kappa shape index (κ3) is 4.11. The lowest BCUT2D eigenvalue weighted by molar-refractivity contribution is -0.384. The van der Waals surface area contributed by atoms with E-state index in [1.165, 1.54) is 6.07 Å². The van der Waals surface area contributed by atoms with E-state index in [0.717, 1.165) is 36.9 Å². The number of furan rings is 1. The molecule has 1 aliphatic rings. The topological polar surface area (TPSA) is 62.8 Å². The Kier molecular flexibility index (Phi) is 5.51. The molecule has 0 N–H and O–H groups in total. The molecular formula is C21H18ClN3O3S. The van der Waals surface area contributed by atoms with E-state index in [9.17, 15) is 10.1 Å². The van der Waals surface area contributed by atoms with Crippen LogP contribution in [0.1, 0.15) is 5.76 Å². The van der Waals surface area contributed by atoms with Crippen LogP contribution in [0, 0.1) is 10.1 Å². The lowest BCUT2D eigenvalue weighted by Gasteiger charge is -2.37. The molecule has 148 valence electrons. The summed E-state index contributed by atoms with van der Waals surface area (Å²) in [6.45, 7) is 3.15. The molecule has 0 unspecified atom stereocenters. The molecule has 0 bridgehead atoms. The van der Waals surface area contributed by atoms with E-state index in [-0.39, 0.29) is 5.69 Å². The monoisotopic (exact) mass is 427 g/mol. The maximum absolute atomic E-state index is 11.3. The molecule has 1 aromatic heterocycles. The number of nitro benzene ring substituents is 1. The highest BCUT2D eigenvalue weighted by Gasteiger charge is 2.23. The highest BCUT2D eigenvalue weighted by atomic mass is 35.5. The zero-order valence-corrected chi connectivity index (χ0v) is 17.0. The number of nitrogens with zero attached hydrogens (tertiary/aromatic N) is 3. The van der Waals surface area contributed by atoms with Crippen molar-refractivity contribution < 1.29 is 9.34 Å². The minimum absolute atomic E-state index is 0.00875. The van der Waals surface area contributed by atoms with Crippen LogP contribution in [0.25, 0.3) is 11.3 Å². The Morgan fingerprint density at radius 1 is 1.03 bits per heavy atom. The van der Waals surface area contributed by atoms with Gasteiger partial charge in [0.1, 0.15) is 10.7 Å². The molecule has 0 amide bonds. The standard InChI is InChI=1S/C21H18ClN3O3S/c22-15-4-3-5-16(14-15)23-10-12-24(13-11-23)21(29)20-9-8-19(28-20)17-6-1-2-7-18(17)25(26)27/h1-9,14H,10-13H2. The molecule has 1 aliphatic heterocycles. The summed E-state index contributed by atoms with van der Waals surface area (Å²) in [4.78, 5) is 15.8. The van der Waals surface area contributed by atoms with E-state index in [1.54, 1.807) is 30.3 Å². The Morgan fingerprint density at radius 3 is 2.52 bits per heavy atom. The van der Waals surface area contributed by atoms with Crippen LogP contribution in [0.4, 0.5) is 11.4 Å². The Labute approximate surface area is 178 Å². The average molecular weight is 428 g/mol. The summed E-state index contributed by atoms with van der Waals surface area (Å²) in [6, 6.07) is 17.8.